The summed E-state index contributed by atoms with van der Waals surface area (Å²) in [6.07, 6.45) is 3.61. The number of rotatable bonds is 3. The van der Waals surface area contributed by atoms with Gasteiger partial charge in [0.15, 0.2) is 0 Å². The second-order valence-electron chi connectivity index (χ2n) is 6.50. The molecule has 0 N–H and O–H groups in total. The van der Waals surface area contributed by atoms with E-state index in [0.717, 1.165) is 20.4 Å². The molecule has 0 radical (unpaired) electrons. The van der Waals surface area contributed by atoms with Crippen molar-refractivity contribution in [2.24, 2.45) is 0 Å². The summed E-state index contributed by atoms with van der Waals surface area (Å²) in [6, 6.07) is 19.6. The van der Waals surface area contributed by atoms with E-state index in [1.165, 1.54) is 12.1 Å². The van der Waals surface area contributed by atoms with Crippen LogP contribution in [0.15, 0.2) is 71.5 Å². The molecule has 0 unspecified atom stereocenters. The predicted octanol–water partition coefficient (Wildman–Crippen LogP) is 5.61. The van der Waals surface area contributed by atoms with Crippen molar-refractivity contribution in [3.05, 3.63) is 103 Å². The van der Waals surface area contributed by atoms with Crippen LogP contribution >= 0.6 is 22.6 Å². The lowest BCUT2D eigenvalue weighted by Crippen LogP contribution is -2.22. The standard InChI is InChI=1S/C23H16FIN2O/c1-15-3-2-4-19(13-15)27-22(12-7-16-5-8-17(24)9-6-16)26-21-11-10-18(25)14-20(21)23(27)28/h2-14H,1H3. The molecule has 0 saturated carbocycles. The Morgan fingerprint density at radius 2 is 1.79 bits per heavy atom. The van der Waals surface area contributed by atoms with Gasteiger partial charge < -0.3 is 0 Å². The Morgan fingerprint density at radius 1 is 1.00 bits per heavy atom. The maximum absolute atomic E-state index is 13.3. The third-order valence-electron chi connectivity index (χ3n) is 4.41. The van der Waals surface area contributed by atoms with E-state index >= 15 is 0 Å². The third-order valence-corrected chi connectivity index (χ3v) is 5.08. The van der Waals surface area contributed by atoms with Gasteiger partial charge in [0.25, 0.3) is 5.56 Å². The van der Waals surface area contributed by atoms with Gasteiger partial charge in [0.05, 0.1) is 16.6 Å². The number of fused-ring (bicyclic) bond motifs is 1. The minimum atomic E-state index is -0.285. The van der Waals surface area contributed by atoms with E-state index in [1.54, 1.807) is 22.8 Å². The first-order chi connectivity index (χ1) is 13.5. The normalized spacial score (nSPS) is 11.4. The maximum Gasteiger partial charge on any atom is 0.266 e. The molecule has 0 spiro atoms. The van der Waals surface area contributed by atoms with Crippen molar-refractivity contribution in [1.29, 1.82) is 0 Å². The molecule has 0 bridgehead atoms. The summed E-state index contributed by atoms with van der Waals surface area (Å²) in [5.41, 5.74) is 3.17. The van der Waals surface area contributed by atoms with Crippen molar-refractivity contribution < 1.29 is 4.39 Å². The molecule has 5 heteroatoms. The highest BCUT2D eigenvalue weighted by Gasteiger charge is 2.12. The van der Waals surface area contributed by atoms with E-state index in [1.807, 2.05) is 55.5 Å². The molecule has 0 aliphatic carbocycles. The maximum atomic E-state index is 13.3. The quantitative estimate of drug-likeness (QED) is 0.356. The van der Waals surface area contributed by atoms with Crippen molar-refractivity contribution in [3.8, 4) is 5.69 Å². The average molecular weight is 482 g/mol. The smallest absolute Gasteiger partial charge is 0.266 e. The van der Waals surface area contributed by atoms with E-state index in [-0.39, 0.29) is 11.4 Å². The Labute approximate surface area is 175 Å². The van der Waals surface area contributed by atoms with E-state index in [4.69, 9.17) is 4.98 Å². The largest absolute Gasteiger partial charge is 0.268 e. The Morgan fingerprint density at radius 3 is 2.54 bits per heavy atom. The second kappa shape index (κ2) is 7.67. The molecular weight excluding hydrogens is 466 g/mol. The van der Waals surface area contributed by atoms with Crippen LogP contribution < -0.4 is 5.56 Å². The van der Waals surface area contributed by atoms with Crippen molar-refractivity contribution in [3.63, 3.8) is 0 Å². The zero-order valence-electron chi connectivity index (χ0n) is 15.1. The first kappa shape index (κ1) is 18.6. The SMILES string of the molecule is Cc1cccc(-n2c(C=Cc3ccc(F)cc3)nc3ccc(I)cc3c2=O)c1. The van der Waals surface area contributed by atoms with Crippen LogP contribution in [0.1, 0.15) is 17.0 Å². The molecule has 0 fully saturated rings. The van der Waals surface area contributed by atoms with Gasteiger partial charge in [0, 0.05) is 3.57 Å². The molecule has 0 atom stereocenters. The van der Waals surface area contributed by atoms with Gasteiger partial charge in [-0.25, -0.2) is 9.37 Å². The fourth-order valence-electron chi connectivity index (χ4n) is 3.05. The summed E-state index contributed by atoms with van der Waals surface area (Å²) in [6.45, 7) is 1.99. The Balaban J connectivity index is 1.95. The van der Waals surface area contributed by atoms with Crippen LogP contribution in [0.5, 0.6) is 0 Å². The molecule has 0 saturated heterocycles. The number of aryl methyl sites for hydroxylation is 1. The Bertz CT molecular complexity index is 1260. The van der Waals surface area contributed by atoms with Crippen molar-refractivity contribution in [2.75, 3.05) is 0 Å². The van der Waals surface area contributed by atoms with E-state index < -0.39 is 0 Å². The van der Waals surface area contributed by atoms with Gasteiger partial charge in [-0.15, -0.1) is 0 Å². The highest BCUT2D eigenvalue weighted by atomic mass is 127. The summed E-state index contributed by atoms with van der Waals surface area (Å²) < 4.78 is 15.7. The molecule has 0 amide bonds. The van der Waals surface area contributed by atoms with Crippen LogP contribution in [0, 0.1) is 16.3 Å². The fraction of sp³-hybridized carbons (Fsp3) is 0.0435. The fourth-order valence-corrected chi connectivity index (χ4v) is 3.54. The summed E-state index contributed by atoms with van der Waals surface area (Å²) in [7, 11) is 0. The second-order valence-corrected chi connectivity index (χ2v) is 7.74. The summed E-state index contributed by atoms with van der Waals surface area (Å²) in [4.78, 5) is 18.0. The lowest BCUT2D eigenvalue weighted by molar-refractivity contribution is 0.628. The van der Waals surface area contributed by atoms with E-state index in [9.17, 15) is 9.18 Å². The van der Waals surface area contributed by atoms with Gasteiger partial charge in [-0.3, -0.25) is 9.36 Å². The number of hydrogen-bond acceptors (Lipinski definition) is 2. The highest BCUT2D eigenvalue weighted by molar-refractivity contribution is 14.1. The van der Waals surface area contributed by atoms with Crippen molar-refractivity contribution in [2.45, 2.75) is 6.92 Å². The van der Waals surface area contributed by atoms with Gasteiger partial charge in [-0.05, 0) is 89.2 Å². The van der Waals surface area contributed by atoms with Crippen LogP contribution in [-0.2, 0) is 0 Å². The number of benzene rings is 3. The van der Waals surface area contributed by atoms with E-state index in [0.29, 0.717) is 16.7 Å². The molecule has 1 aromatic heterocycles. The average Bonchev–Trinajstić information content (AvgIpc) is 2.68. The minimum absolute atomic E-state index is 0.118. The van der Waals surface area contributed by atoms with E-state index in [2.05, 4.69) is 22.6 Å². The zero-order valence-corrected chi connectivity index (χ0v) is 17.2. The predicted molar refractivity (Wildman–Crippen MR) is 120 cm³/mol. The minimum Gasteiger partial charge on any atom is -0.268 e. The lowest BCUT2D eigenvalue weighted by atomic mass is 10.2. The molecule has 4 rings (SSSR count). The molecule has 3 nitrogen and oxygen atoms in total. The molecule has 0 aliphatic rings. The first-order valence-corrected chi connectivity index (χ1v) is 9.82. The van der Waals surface area contributed by atoms with Gasteiger partial charge in [-0.2, -0.15) is 0 Å². The molecular formula is C23H16FIN2O. The molecule has 1 heterocycles. The van der Waals surface area contributed by atoms with Gasteiger partial charge >= 0.3 is 0 Å². The lowest BCUT2D eigenvalue weighted by Gasteiger charge is -2.12. The van der Waals surface area contributed by atoms with Crippen molar-refractivity contribution >= 4 is 45.6 Å². The molecule has 4 aromatic rings. The third kappa shape index (κ3) is 3.75. The number of aromatic nitrogens is 2. The molecule has 138 valence electrons. The van der Waals surface area contributed by atoms with Gasteiger partial charge in [0.2, 0.25) is 0 Å². The molecule has 3 aromatic carbocycles. The molecule has 28 heavy (non-hydrogen) atoms. The Hall–Kier alpha value is -2.80. The summed E-state index contributed by atoms with van der Waals surface area (Å²) >= 11 is 2.19. The van der Waals surface area contributed by atoms with Crippen LogP contribution in [-0.4, -0.2) is 9.55 Å². The highest BCUT2D eigenvalue weighted by Crippen LogP contribution is 2.18. The topological polar surface area (TPSA) is 34.9 Å². The first-order valence-electron chi connectivity index (χ1n) is 8.74. The van der Waals surface area contributed by atoms with Crippen LogP contribution in [0.25, 0.3) is 28.7 Å². The van der Waals surface area contributed by atoms with Crippen LogP contribution in [0.2, 0.25) is 0 Å². The monoisotopic (exact) mass is 482 g/mol. The summed E-state index contributed by atoms with van der Waals surface area (Å²) in [5, 5.41) is 0.576. The van der Waals surface area contributed by atoms with Crippen molar-refractivity contribution in [1.82, 2.24) is 9.55 Å². The number of nitrogens with zero attached hydrogens (tertiary/aromatic N) is 2. The zero-order chi connectivity index (χ0) is 19.7. The Kier molecular flexibility index (Phi) is 5.09. The van der Waals surface area contributed by atoms with Gasteiger partial charge in [0.1, 0.15) is 11.6 Å². The van der Waals surface area contributed by atoms with Crippen LogP contribution in [0.3, 0.4) is 0 Å². The molecule has 0 aliphatic heterocycles. The van der Waals surface area contributed by atoms with Gasteiger partial charge in [-0.1, -0.05) is 30.3 Å². The number of halogens is 2. The van der Waals surface area contributed by atoms with Crippen LogP contribution in [0.4, 0.5) is 4.39 Å². The number of hydrogen-bond donors (Lipinski definition) is 0. The summed E-state index contributed by atoms with van der Waals surface area (Å²) in [5.74, 6) is 0.237.